The molecule has 6 nitrogen and oxygen atoms in total. The lowest BCUT2D eigenvalue weighted by Gasteiger charge is -2.24. The molecular weight excluding hydrogens is 483 g/mol. The van der Waals surface area contributed by atoms with E-state index >= 15 is 0 Å². The highest BCUT2D eigenvalue weighted by molar-refractivity contribution is 5.99. The van der Waals surface area contributed by atoms with Crippen LogP contribution in [0.2, 0.25) is 0 Å². The maximum Gasteiger partial charge on any atom is 0.266 e. The Balaban J connectivity index is 1.65. The van der Waals surface area contributed by atoms with Gasteiger partial charge in [-0.2, -0.15) is 0 Å². The van der Waals surface area contributed by atoms with E-state index in [9.17, 15) is 31.5 Å². The highest BCUT2D eigenvalue weighted by Crippen LogP contribution is 2.48. The summed E-state index contributed by atoms with van der Waals surface area (Å²) in [6, 6.07) is 3.83. The second-order valence-corrected chi connectivity index (χ2v) is 9.62. The number of anilines is 1. The Morgan fingerprint density at radius 3 is 2.47 bits per heavy atom. The molecule has 1 unspecified atom stereocenters. The number of carbonyl (C=O) groups excluding carboxylic acids is 1. The quantitative estimate of drug-likeness (QED) is 0.479. The highest BCUT2D eigenvalue weighted by atomic mass is 19.3. The SMILES string of the molecule is C[C@@H](NC(=O)c1cn(C2(C(F)F)CC2)c(=O)cc1NCC1CCCN1C)c1cccc(C(F)F)c1F. The number of amides is 1. The fraction of sp³-hybridized carbons (Fsp3) is 0.520. The van der Waals surface area contributed by atoms with Crippen LogP contribution in [-0.4, -0.2) is 48.0 Å². The summed E-state index contributed by atoms with van der Waals surface area (Å²) in [5.41, 5.74) is -3.11. The van der Waals surface area contributed by atoms with Crippen molar-refractivity contribution < 1.29 is 26.7 Å². The van der Waals surface area contributed by atoms with Crippen molar-refractivity contribution in [2.45, 2.75) is 63.1 Å². The van der Waals surface area contributed by atoms with Crippen LogP contribution in [0.5, 0.6) is 0 Å². The Bertz CT molecular complexity index is 1180. The number of alkyl halides is 4. The number of benzene rings is 1. The van der Waals surface area contributed by atoms with Crippen LogP contribution >= 0.6 is 0 Å². The fourth-order valence-electron chi connectivity index (χ4n) is 4.79. The van der Waals surface area contributed by atoms with E-state index < -0.39 is 47.3 Å². The van der Waals surface area contributed by atoms with E-state index in [0.717, 1.165) is 42.3 Å². The molecule has 36 heavy (non-hydrogen) atoms. The first-order valence-electron chi connectivity index (χ1n) is 11.9. The number of carbonyl (C=O) groups is 1. The van der Waals surface area contributed by atoms with Crippen LogP contribution in [0.4, 0.5) is 27.6 Å². The molecule has 0 bridgehead atoms. The number of hydrogen-bond acceptors (Lipinski definition) is 4. The number of nitrogens with zero attached hydrogens (tertiary/aromatic N) is 2. The topological polar surface area (TPSA) is 66.4 Å². The second-order valence-electron chi connectivity index (χ2n) is 9.62. The van der Waals surface area contributed by atoms with E-state index in [4.69, 9.17) is 0 Å². The predicted octanol–water partition coefficient (Wildman–Crippen LogP) is 4.68. The zero-order valence-electron chi connectivity index (χ0n) is 20.0. The summed E-state index contributed by atoms with van der Waals surface area (Å²) in [5, 5.41) is 5.67. The highest BCUT2D eigenvalue weighted by Gasteiger charge is 2.53. The molecule has 2 aliphatic rings. The molecule has 1 saturated carbocycles. The standard InChI is InChI=1S/C25H29F5N4O2/c1-14(16-6-3-7-17(21(16)26)22(27)28)32-23(36)18-13-34(25(8-9-25)24(29)30)20(35)11-19(18)31-12-15-5-4-10-33(15)2/h3,6-7,11,13-15,22,24,31H,4-5,8-10,12H2,1-2H3,(H,32,36)/t14-,15?/m1/s1. The van der Waals surface area contributed by atoms with Crippen LogP contribution in [0.15, 0.2) is 35.3 Å². The van der Waals surface area contributed by atoms with Crippen molar-refractivity contribution in [1.29, 1.82) is 0 Å². The molecular formula is C25H29F5N4O2. The summed E-state index contributed by atoms with van der Waals surface area (Å²) in [4.78, 5) is 28.2. The van der Waals surface area contributed by atoms with Crippen molar-refractivity contribution in [3.05, 3.63) is 63.3 Å². The van der Waals surface area contributed by atoms with Crippen LogP contribution in [-0.2, 0) is 5.54 Å². The maximum absolute atomic E-state index is 14.6. The number of halogens is 5. The molecule has 4 rings (SSSR count). The lowest BCUT2D eigenvalue weighted by molar-refractivity contribution is 0.0648. The summed E-state index contributed by atoms with van der Waals surface area (Å²) < 4.78 is 69.3. The summed E-state index contributed by atoms with van der Waals surface area (Å²) in [6.45, 7) is 2.78. The number of likely N-dealkylation sites (tertiary alicyclic amines) is 1. The van der Waals surface area contributed by atoms with Gasteiger partial charge in [0.2, 0.25) is 0 Å². The van der Waals surface area contributed by atoms with E-state index in [0.29, 0.717) is 6.54 Å². The molecule has 2 N–H and O–H groups in total. The zero-order valence-corrected chi connectivity index (χ0v) is 20.0. The third-order valence-electron chi connectivity index (χ3n) is 7.25. The van der Waals surface area contributed by atoms with Crippen molar-refractivity contribution >= 4 is 11.6 Å². The van der Waals surface area contributed by atoms with Crippen molar-refractivity contribution in [3.63, 3.8) is 0 Å². The summed E-state index contributed by atoms with van der Waals surface area (Å²) >= 11 is 0. The first kappa shape index (κ1) is 26.1. The lowest BCUT2D eigenvalue weighted by atomic mass is 10.0. The Morgan fingerprint density at radius 1 is 1.19 bits per heavy atom. The smallest absolute Gasteiger partial charge is 0.266 e. The van der Waals surface area contributed by atoms with Gasteiger partial charge < -0.3 is 20.1 Å². The normalized spacial score (nSPS) is 20.1. The maximum atomic E-state index is 14.6. The monoisotopic (exact) mass is 512 g/mol. The van der Waals surface area contributed by atoms with Crippen LogP contribution in [0, 0.1) is 5.82 Å². The second kappa shape index (κ2) is 10.2. The Hall–Kier alpha value is -2.95. The third-order valence-corrected chi connectivity index (χ3v) is 7.25. The molecule has 1 saturated heterocycles. The van der Waals surface area contributed by atoms with E-state index in [1.165, 1.54) is 19.1 Å². The molecule has 0 spiro atoms. The van der Waals surface area contributed by atoms with Gasteiger partial charge in [-0.25, -0.2) is 22.0 Å². The van der Waals surface area contributed by atoms with E-state index in [1.807, 2.05) is 7.05 Å². The van der Waals surface area contributed by atoms with Gasteiger partial charge >= 0.3 is 0 Å². The van der Waals surface area contributed by atoms with Gasteiger partial charge in [0, 0.05) is 30.4 Å². The number of likely N-dealkylation sites (N-methyl/N-ethyl adjacent to an activating group) is 1. The fourth-order valence-corrected chi connectivity index (χ4v) is 4.79. The van der Waals surface area contributed by atoms with Crippen molar-refractivity contribution in [3.8, 4) is 0 Å². The molecule has 1 aliphatic heterocycles. The number of rotatable bonds is 9. The minimum Gasteiger partial charge on any atom is -0.383 e. The predicted molar refractivity (Wildman–Crippen MR) is 125 cm³/mol. The van der Waals surface area contributed by atoms with Crippen LogP contribution in [0.3, 0.4) is 0 Å². The van der Waals surface area contributed by atoms with Gasteiger partial charge in [0.1, 0.15) is 11.4 Å². The van der Waals surface area contributed by atoms with Gasteiger partial charge in [0.05, 0.1) is 22.9 Å². The Morgan fingerprint density at radius 2 is 1.89 bits per heavy atom. The Labute approximate surface area is 205 Å². The van der Waals surface area contributed by atoms with Crippen LogP contribution in [0.25, 0.3) is 0 Å². The molecule has 1 aliphatic carbocycles. The first-order chi connectivity index (χ1) is 17.0. The largest absolute Gasteiger partial charge is 0.383 e. The zero-order chi connectivity index (χ0) is 26.2. The van der Waals surface area contributed by atoms with E-state index in [-0.39, 0.29) is 35.7 Å². The average Bonchev–Trinajstić information content (AvgIpc) is 3.53. The minimum atomic E-state index is -3.02. The van der Waals surface area contributed by atoms with Crippen molar-refractivity contribution in [1.82, 2.24) is 14.8 Å². The average molecular weight is 513 g/mol. The summed E-state index contributed by atoms with van der Waals surface area (Å²) in [7, 11) is 1.97. The molecule has 2 aromatic rings. The molecule has 2 fully saturated rings. The summed E-state index contributed by atoms with van der Waals surface area (Å²) in [6.07, 6.45) is -2.55. The third kappa shape index (κ3) is 4.98. The molecule has 2 atom stereocenters. The number of nitrogens with one attached hydrogen (secondary N) is 2. The molecule has 0 radical (unpaired) electrons. The molecule has 1 aromatic heterocycles. The molecule has 2 heterocycles. The molecule has 196 valence electrons. The van der Waals surface area contributed by atoms with Crippen LogP contribution in [0.1, 0.15) is 66.6 Å². The molecule has 11 heteroatoms. The number of aromatic nitrogens is 1. The van der Waals surface area contributed by atoms with E-state index in [1.54, 1.807) is 0 Å². The van der Waals surface area contributed by atoms with E-state index in [2.05, 4.69) is 15.5 Å². The number of pyridine rings is 1. The van der Waals surface area contributed by atoms with Crippen molar-refractivity contribution in [2.75, 3.05) is 25.5 Å². The molecule has 1 amide bonds. The van der Waals surface area contributed by atoms with Gasteiger partial charge in [0.15, 0.2) is 0 Å². The van der Waals surface area contributed by atoms with Gasteiger partial charge in [-0.05, 0) is 46.2 Å². The summed E-state index contributed by atoms with van der Waals surface area (Å²) in [5.74, 6) is -1.87. The first-order valence-corrected chi connectivity index (χ1v) is 11.9. The van der Waals surface area contributed by atoms with Crippen molar-refractivity contribution in [2.24, 2.45) is 0 Å². The van der Waals surface area contributed by atoms with Gasteiger partial charge in [-0.15, -0.1) is 0 Å². The number of hydrogen-bond donors (Lipinski definition) is 2. The lowest BCUT2D eigenvalue weighted by Crippen LogP contribution is -2.38. The van der Waals surface area contributed by atoms with Crippen LogP contribution < -0.4 is 16.2 Å². The van der Waals surface area contributed by atoms with Gasteiger partial charge in [0.25, 0.3) is 24.3 Å². The van der Waals surface area contributed by atoms with Gasteiger partial charge in [-0.1, -0.05) is 18.2 Å². The molecule has 1 aromatic carbocycles. The minimum absolute atomic E-state index is 0.0561. The Kier molecular flexibility index (Phi) is 7.40. The van der Waals surface area contributed by atoms with Gasteiger partial charge in [-0.3, -0.25) is 9.59 Å².